The lowest BCUT2D eigenvalue weighted by atomic mass is 10.0. The van der Waals surface area contributed by atoms with E-state index in [4.69, 9.17) is 0 Å². The molecular weight excluding hydrogens is 406 g/mol. The number of carbonyl (C=O) groups is 3. The zero-order valence-electron chi connectivity index (χ0n) is 17.9. The number of hydrogen-bond acceptors (Lipinski definition) is 5. The first kappa shape index (κ1) is 20.1. The molecule has 1 atom stereocenters. The fourth-order valence-corrected chi connectivity index (χ4v) is 4.27. The molecule has 3 amide bonds. The van der Waals surface area contributed by atoms with E-state index in [9.17, 15) is 14.4 Å². The van der Waals surface area contributed by atoms with Gasteiger partial charge in [0.05, 0.1) is 11.9 Å². The molecule has 32 heavy (non-hydrogen) atoms. The van der Waals surface area contributed by atoms with E-state index in [-0.39, 0.29) is 18.2 Å². The Labute approximate surface area is 185 Å². The Morgan fingerprint density at radius 2 is 1.84 bits per heavy atom. The molecule has 5 rings (SSSR count). The van der Waals surface area contributed by atoms with E-state index in [1.54, 1.807) is 15.6 Å². The first-order valence-electron chi connectivity index (χ1n) is 10.7. The minimum Gasteiger partial charge on any atom is -0.322 e. The monoisotopic (exact) mass is 429 g/mol. The molecule has 0 bridgehead atoms. The highest BCUT2D eigenvalue weighted by Crippen LogP contribution is 2.30. The Bertz CT molecular complexity index is 1230. The SMILES string of the molecule is CC(C)c1ccc(-n2cc(-c3ccc4c(c3)CN(C3CCC(=O)NC3=O)C4=O)nn2)cc1. The van der Waals surface area contributed by atoms with E-state index in [1.165, 1.54) is 5.56 Å². The van der Waals surface area contributed by atoms with Crippen LogP contribution in [0.5, 0.6) is 0 Å². The summed E-state index contributed by atoms with van der Waals surface area (Å²) in [7, 11) is 0. The number of piperidine rings is 1. The average Bonchev–Trinajstić information content (AvgIpc) is 3.39. The number of fused-ring (bicyclic) bond motifs is 1. The molecule has 0 radical (unpaired) electrons. The van der Waals surface area contributed by atoms with E-state index in [0.29, 0.717) is 30.1 Å². The van der Waals surface area contributed by atoms with Crippen LogP contribution >= 0.6 is 0 Å². The van der Waals surface area contributed by atoms with Crippen molar-refractivity contribution in [2.45, 2.75) is 45.2 Å². The minimum atomic E-state index is -0.620. The normalized spacial score (nSPS) is 18.3. The first-order valence-corrected chi connectivity index (χ1v) is 10.7. The summed E-state index contributed by atoms with van der Waals surface area (Å²) in [6, 6.07) is 13.1. The van der Waals surface area contributed by atoms with Crippen molar-refractivity contribution >= 4 is 17.7 Å². The van der Waals surface area contributed by atoms with Crippen LogP contribution < -0.4 is 5.32 Å². The highest BCUT2D eigenvalue weighted by Gasteiger charge is 2.39. The highest BCUT2D eigenvalue weighted by atomic mass is 16.2. The maximum atomic E-state index is 12.9. The van der Waals surface area contributed by atoms with E-state index >= 15 is 0 Å². The number of benzene rings is 2. The fourth-order valence-electron chi connectivity index (χ4n) is 4.27. The number of imide groups is 1. The lowest BCUT2D eigenvalue weighted by molar-refractivity contribution is -0.136. The predicted octanol–water partition coefficient (Wildman–Crippen LogP) is 2.82. The van der Waals surface area contributed by atoms with Gasteiger partial charge in [-0.1, -0.05) is 37.3 Å². The molecule has 0 aliphatic carbocycles. The summed E-state index contributed by atoms with van der Waals surface area (Å²) in [5.74, 6) is -0.423. The largest absolute Gasteiger partial charge is 0.322 e. The summed E-state index contributed by atoms with van der Waals surface area (Å²) in [5, 5.41) is 10.9. The Balaban J connectivity index is 1.38. The number of rotatable bonds is 4. The molecule has 8 heteroatoms. The molecule has 3 aromatic rings. The summed E-state index contributed by atoms with van der Waals surface area (Å²) >= 11 is 0. The topological polar surface area (TPSA) is 97.2 Å². The van der Waals surface area contributed by atoms with Crippen molar-refractivity contribution in [3.8, 4) is 16.9 Å². The van der Waals surface area contributed by atoms with Crippen molar-refractivity contribution < 1.29 is 14.4 Å². The van der Waals surface area contributed by atoms with Gasteiger partial charge in [-0.05, 0) is 47.7 Å². The molecule has 1 N–H and O–H groups in total. The van der Waals surface area contributed by atoms with Gasteiger partial charge in [0.2, 0.25) is 11.8 Å². The molecule has 2 aliphatic heterocycles. The Morgan fingerprint density at radius 3 is 2.56 bits per heavy atom. The third-order valence-electron chi connectivity index (χ3n) is 6.14. The van der Waals surface area contributed by atoms with Crippen molar-refractivity contribution in [3.63, 3.8) is 0 Å². The molecule has 2 aromatic carbocycles. The van der Waals surface area contributed by atoms with Crippen molar-refractivity contribution in [2.75, 3.05) is 0 Å². The van der Waals surface area contributed by atoms with Gasteiger partial charge < -0.3 is 4.90 Å². The van der Waals surface area contributed by atoms with Gasteiger partial charge in [-0.15, -0.1) is 5.10 Å². The zero-order chi connectivity index (χ0) is 22.4. The van der Waals surface area contributed by atoms with Crippen LogP contribution in [-0.4, -0.2) is 43.7 Å². The third-order valence-corrected chi connectivity index (χ3v) is 6.14. The highest BCUT2D eigenvalue weighted by molar-refractivity contribution is 6.05. The molecule has 1 unspecified atom stereocenters. The summed E-state index contributed by atoms with van der Waals surface area (Å²) < 4.78 is 1.73. The molecule has 1 fully saturated rings. The van der Waals surface area contributed by atoms with Gasteiger partial charge in [-0.2, -0.15) is 0 Å². The lowest BCUT2D eigenvalue weighted by Gasteiger charge is -2.29. The minimum absolute atomic E-state index is 0.185. The second-order valence-electron chi connectivity index (χ2n) is 8.57. The van der Waals surface area contributed by atoms with Crippen molar-refractivity contribution in [2.24, 2.45) is 0 Å². The van der Waals surface area contributed by atoms with Gasteiger partial charge in [-0.25, -0.2) is 4.68 Å². The molecule has 8 nitrogen and oxygen atoms in total. The number of hydrogen-bond donors (Lipinski definition) is 1. The van der Waals surface area contributed by atoms with Gasteiger partial charge in [0.1, 0.15) is 11.7 Å². The van der Waals surface area contributed by atoms with Crippen LogP contribution in [0.25, 0.3) is 16.9 Å². The number of amides is 3. The molecule has 2 aliphatic rings. The van der Waals surface area contributed by atoms with Crippen molar-refractivity contribution in [1.29, 1.82) is 0 Å². The van der Waals surface area contributed by atoms with Crippen molar-refractivity contribution in [3.05, 3.63) is 65.4 Å². The van der Waals surface area contributed by atoms with E-state index < -0.39 is 11.9 Å². The number of nitrogens with zero attached hydrogens (tertiary/aromatic N) is 4. The Kier molecular flexibility index (Phi) is 4.84. The molecule has 0 spiro atoms. The summed E-state index contributed by atoms with van der Waals surface area (Å²) in [6.45, 7) is 4.64. The summed E-state index contributed by atoms with van der Waals surface area (Å²) in [5.41, 5.74) is 5.16. The smallest absolute Gasteiger partial charge is 0.255 e. The van der Waals surface area contributed by atoms with Crippen LogP contribution in [0, 0.1) is 0 Å². The van der Waals surface area contributed by atoms with Gasteiger partial charge in [0, 0.05) is 24.1 Å². The predicted molar refractivity (Wildman–Crippen MR) is 117 cm³/mol. The Morgan fingerprint density at radius 1 is 1.06 bits per heavy atom. The van der Waals surface area contributed by atoms with Crippen LogP contribution in [0.4, 0.5) is 0 Å². The zero-order valence-corrected chi connectivity index (χ0v) is 17.9. The molecule has 1 aromatic heterocycles. The maximum absolute atomic E-state index is 12.9. The van der Waals surface area contributed by atoms with Crippen LogP contribution in [0.3, 0.4) is 0 Å². The Hall–Kier alpha value is -3.81. The van der Waals surface area contributed by atoms with Crippen LogP contribution in [0.15, 0.2) is 48.7 Å². The number of aromatic nitrogens is 3. The molecule has 0 saturated carbocycles. The van der Waals surface area contributed by atoms with Crippen LogP contribution in [0.2, 0.25) is 0 Å². The van der Waals surface area contributed by atoms with Gasteiger partial charge in [-0.3, -0.25) is 19.7 Å². The molecule has 1 saturated heterocycles. The number of nitrogens with one attached hydrogen (secondary N) is 1. The second kappa shape index (κ2) is 7.71. The van der Waals surface area contributed by atoms with Gasteiger partial charge >= 0.3 is 0 Å². The van der Waals surface area contributed by atoms with E-state index in [0.717, 1.165) is 16.8 Å². The first-order chi connectivity index (χ1) is 15.4. The standard InChI is InChI=1S/C24H23N5O3/c1-14(2)15-3-6-18(7-4-15)29-13-20(26-27-29)16-5-8-19-17(11-16)12-28(24(19)32)21-9-10-22(30)25-23(21)31/h3-8,11,13-14,21H,9-10,12H2,1-2H3,(H,25,30,31). The average molecular weight is 429 g/mol. The summed E-state index contributed by atoms with van der Waals surface area (Å²) in [4.78, 5) is 38.1. The van der Waals surface area contributed by atoms with E-state index in [1.807, 2.05) is 30.5 Å². The molecule has 3 heterocycles. The third kappa shape index (κ3) is 3.47. The fraction of sp³-hybridized carbons (Fsp3) is 0.292. The van der Waals surface area contributed by atoms with Crippen molar-refractivity contribution in [1.82, 2.24) is 25.2 Å². The quantitative estimate of drug-likeness (QED) is 0.643. The lowest BCUT2D eigenvalue weighted by Crippen LogP contribution is -2.52. The van der Waals surface area contributed by atoms with Crippen LogP contribution in [0.1, 0.15) is 54.1 Å². The second-order valence-corrected chi connectivity index (χ2v) is 8.57. The number of carbonyl (C=O) groups excluding carboxylic acids is 3. The maximum Gasteiger partial charge on any atom is 0.255 e. The van der Waals surface area contributed by atoms with Crippen LogP contribution in [-0.2, 0) is 16.1 Å². The summed E-state index contributed by atoms with van der Waals surface area (Å²) in [6.07, 6.45) is 2.45. The van der Waals surface area contributed by atoms with Gasteiger partial charge in [0.25, 0.3) is 5.91 Å². The van der Waals surface area contributed by atoms with Gasteiger partial charge in [0.15, 0.2) is 0 Å². The van der Waals surface area contributed by atoms with E-state index in [2.05, 4.69) is 41.6 Å². The molecular formula is C24H23N5O3. The molecule has 162 valence electrons.